The van der Waals surface area contributed by atoms with Gasteiger partial charge in [0.25, 0.3) is 0 Å². The van der Waals surface area contributed by atoms with E-state index in [1.807, 2.05) is 0 Å². The van der Waals surface area contributed by atoms with Crippen molar-refractivity contribution in [1.29, 1.82) is 0 Å². The van der Waals surface area contributed by atoms with E-state index >= 15 is 0 Å². The molecule has 1 N–H and O–H groups in total. The van der Waals surface area contributed by atoms with Gasteiger partial charge in [-0.2, -0.15) is 4.98 Å². The predicted molar refractivity (Wildman–Crippen MR) is 74.3 cm³/mol. The van der Waals surface area contributed by atoms with Crippen molar-refractivity contribution in [2.24, 2.45) is 0 Å². The number of fused-ring (bicyclic) bond motifs is 1. The maximum atomic E-state index is 11.6. The van der Waals surface area contributed by atoms with Gasteiger partial charge < -0.3 is 9.15 Å². The molecule has 0 radical (unpaired) electrons. The molecule has 0 atom stereocenters. The Morgan fingerprint density at radius 3 is 2.75 bits per heavy atom. The van der Waals surface area contributed by atoms with Crippen molar-refractivity contribution in [3.8, 4) is 0 Å². The summed E-state index contributed by atoms with van der Waals surface area (Å²) >= 11 is 5.85. The van der Waals surface area contributed by atoms with E-state index in [-0.39, 0.29) is 11.6 Å². The number of ether oxygens (including phenoxy) is 1. The Kier molecular flexibility index (Phi) is 3.67. The van der Waals surface area contributed by atoms with Crippen molar-refractivity contribution in [3.63, 3.8) is 0 Å². The average molecular weight is 297 g/mol. The highest BCUT2D eigenvalue weighted by atomic mass is 35.5. The molecule has 0 bridgehead atoms. The van der Waals surface area contributed by atoms with Gasteiger partial charge in [0.15, 0.2) is 11.9 Å². The van der Waals surface area contributed by atoms with Gasteiger partial charge in [-0.15, -0.1) is 0 Å². The molecule has 6 nitrogen and oxygen atoms in total. The summed E-state index contributed by atoms with van der Waals surface area (Å²) in [5.74, 6) is 0. The number of aromatic nitrogens is 1. The van der Waals surface area contributed by atoms with Crippen molar-refractivity contribution < 1.29 is 18.7 Å². The summed E-state index contributed by atoms with van der Waals surface area (Å²) in [7, 11) is 0. The fourth-order valence-corrected chi connectivity index (χ4v) is 1.77. The number of rotatable bonds is 2. The molecule has 0 aliphatic carbocycles. The number of carbonyl (C=O) groups excluding carboxylic acids is 2. The zero-order valence-corrected chi connectivity index (χ0v) is 11.9. The smallest absolute Gasteiger partial charge is 0.415 e. The lowest BCUT2D eigenvalue weighted by molar-refractivity contribution is 0.0632. The minimum Gasteiger partial charge on any atom is -0.443 e. The number of amides is 1. The summed E-state index contributed by atoms with van der Waals surface area (Å²) in [5.41, 5.74) is 0.294. The summed E-state index contributed by atoms with van der Waals surface area (Å²) < 4.78 is 10.4. The quantitative estimate of drug-likeness (QED) is 0.856. The normalized spacial score (nSPS) is 11.4. The standard InChI is InChI=1S/C13H13ClN2O4/c1-13(2,3)20-12(18)16-11-15-10-7(6-17)4-8(14)5-9(10)19-11/h4-6H,1-3H3,(H,15,16,18). The van der Waals surface area contributed by atoms with Crippen LogP contribution < -0.4 is 5.32 Å². The van der Waals surface area contributed by atoms with E-state index < -0.39 is 11.7 Å². The number of aldehydes is 1. The second-order valence-electron chi connectivity index (χ2n) is 5.11. The predicted octanol–water partition coefficient (Wildman–Crippen LogP) is 3.64. The molecule has 1 amide bonds. The zero-order valence-electron chi connectivity index (χ0n) is 11.2. The minimum absolute atomic E-state index is 0.0559. The van der Waals surface area contributed by atoms with E-state index in [4.69, 9.17) is 20.8 Å². The average Bonchev–Trinajstić information content (AvgIpc) is 2.66. The summed E-state index contributed by atoms with van der Waals surface area (Å²) in [6.45, 7) is 5.22. The zero-order chi connectivity index (χ0) is 14.9. The van der Waals surface area contributed by atoms with Crippen molar-refractivity contribution in [3.05, 3.63) is 22.7 Å². The molecular weight excluding hydrogens is 284 g/mol. The van der Waals surface area contributed by atoms with Crippen molar-refractivity contribution in [2.45, 2.75) is 26.4 Å². The Labute approximate surface area is 120 Å². The largest absolute Gasteiger partial charge is 0.443 e. The van der Waals surface area contributed by atoms with Crippen LogP contribution in [0.2, 0.25) is 5.02 Å². The molecule has 2 rings (SSSR count). The number of halogens is 1. The summed E-state index contributed by atoms with van der Waals surface area (Å²) in [4.78, 5) is 26.6. The van der Waals surface area contributed by atoms with E-state index in [1.165, 1.54) is 12.1 Å². The third kappa shape index (κ3) is 3.27. The first-order valence-corrected chi connectivity index (χ1v) is 6.21. The van der Waals surface area contributed by atoms with Crippen LogP contribution in [-0.2, 0) is 4.74 Å². The number of carbonyl (C=O) groups is 2. The van der Waals surface area contributed by atoms with Gasteiger partial charge in [0, 0.05) is 16.7 Å². The van der Waals surface area contributed by atoms with Crippen LogP contribution in [0.5, 0.6) is 0 Å². The van der Waals surface area contributed by atoms with Crippen LogP contribution in [0.4, 0.5) is 10.8 Å². The van der Waals surface area contributed by atoms with Crippen LogP contribution in [0.1, 0.15) is 31.1 Å². The molecule has 7 heteroatoms. The second kappa shape index (κ2) is 5.13. The van der Waals surface area contributed by atoms with Gasteiger partial charge in [-0.1, -0.05) is 11.6 Å². The molecule has 0 unspecified atom stereocenters. The van der Waals surface area contributed by atoms with E-state index in [9.17, 15) is 9.59 Å². The van der Waals surface area contributed by atoms with Gasteiger partial charge in [0.1, 0.15) is 11.1 Å². The van der Waals surface area contributed by atoms with Gasteiger partial charge in [-0.3, -0.25) is 4.79 Å². The maximum Gasteiger partial charge on any atom is 0.415 e. The molecular formula is C13H13ClN2O4. The number of anilines is 1. The molecule has 0 spiro atoms. The Hall–Kier alpha value is -2.08. The first-order valence-electron chi connectivity index (χ1n) is 5.84. The van der Waals surface area contributed by atoms with Gasteiger partial charge in [0.05, 0.1) is 0 Å². The van der Waals surface area contributed by atoms with Gasteiger partial charge in [0.2, 0.25) is 0 Å². The first-order chi connectivity index (χ1) is 9.28. The van der Waals surface area contributed by atoms with Gasteiger partial charge in [-0.25, -0.2) is 10.1 Å². The van der Waals surface area contributed by atoms with Crippen LogP contribution in [0.25, 0.3) is 11.1 Å². The highest BCUT2D eigenvalue weighted by Gasteiger charge is 2.19. The molecule has 0 aliphatic rings. The van der Waals surface area contributed by atoms with Gasteiger partial charge >= 0.3 is 12.1 Å². The highest BCUT2D eigenvalue weighted by Crippen LogP contribution is 2.25. The summed E-state index contributed by atoms with van der Waals surface area (Å²) in [5, 5.41) is 2.71. The highest BCUT2D eigenvalue weighted by molar-refractivity contribution is 6.31. The Morgan fingerprint density at radius 2 is 2.15 bits per heavy atom. The van der Waals surface area contributed by atoms with Crippen LogP contribution >= 0.6 is 11.6 Å². The molecule has 0 fully saturated rings. The number of hydrogen-bond acceptors (Lipinski definition) is 5. The van der Waals surface area contributed by atoms with Crippen molar-refractivity contribution >= 4 is 41.1 Å². The molecule has 2 aromatic rings. The third-order valence-electron chi connectivity index (χ3n) is 2.22. The minimum atomic E-state index is -0.692. The molecule has 20 heavy (non-hydrogen) atoms. The van der Waals surface area contributed by atoms with Crippen LogP contribution in [0.3, 0.4) is 0 Å². The molecule has 0 aliphatic heterocycles. The first kappa shape index (κ1) is 14.3. The second-order valence-corrected chi connectivity index (χ2v) is 5.54. The van der Waals surface area contributed by atoms with Crippen molar-refractivity contribution in [2.75, 3.05) is 5.32 Å². The topological polar surface area (TPSA) is 81.4 Å². The Balaban J connectivity index is 2.28. The molecule has 1 aromatic heterocycles. The number of nitrogens with one attached hydrogen (secondary N) is 1. The number of nitrogens with zero attached hydrogens (tertiary/aromatic N) is 1. The monoisotopic (exact) mass is 296 g/mol. The van der Waals surface area contributed by atoms with E-state index in [1.54, 1.807) is 20.8 Å². The fourth-order valence-electron chi connectivity index (χ4n) is 1.55. The van der Waals surface area contributed by atoms with E-state index in [0.29, 0.717) is 22.4 Å². The third-order valence-corrected chi connectivity index (χ3v) is 2.44. The number of benzene rings is 1. The van der Waals surface area contributed by atoms with Crippen LogP contribution in [-0.4, -0.2) is 23.0 Å². The molecule has 0 saturated carbocycles. The van der Waals surface area contributed by atoms with Crippen LogP contribution in [0, 0.1) is 0 Å². The SMILES string of the molecule is CC(C)(C)OC(=O)Nc1nc2c(C=O)cc(Cl)cc2o1. The Bertz CT molecular complexity index is 673. The lowest BCUT2D eigenvalue weighted by Gasteiger charge is -2.18. The van der Waals surface area contributed by atoms with E-state index in [0.717, 1.165) is 0 Å². The molecule has 106 valence electrons. The van der Waals surface area contributed by atoms with Gasteiger partial charge in [-0.05, 0) is 26.8 Å². The lowest BCUT2D eigenvalue weighted by Crippen LogP contribution is -2.27. The molecule has 1 heterocycles. The number of oxazole rings is 1. The molecule has 1 aromatic carbocycles. The summed E-state index contributed by atoms with van der Waals surface area (Å²) in [6.07, 6.45) is -0.0728. The van der Waals surface area contributed by atoms with Crippen molar-refractivity contribution in [1.82, 2.24) is 4.98 Å². The summed E-state index contributed by atoms with van der Waals surface area (Å²) in [6, 6.07) is 2.92. The molecule has 0 saturated heterocycles. The maximum absolute atomic E-state index is 11.6. The Morgan fingerprint density at radius 1 is 1.45 bits per heavy atom. The number of hydrogen-bond donors (Lipinski definition) is 1. The fraction of sp³-hybridized carbons (Fsp3) is 0.308. The lowest BCUT2D eigenvalue weighted by atomic mass is 10.2. The van der Waals surface area contributed by atoms with E-state index in [2.05, 4.69) is 10.3 Å². The van der Waals surface area contributed by atoms with Crippen LogP contribution in [0.15, 0.2) is 16.5 Å².